The summed E-state index contributed by atoms with van der Waals surface area (Å²) in [4.78, 5) is 2.85. The predicted octanol–water partition coefficient (Wildman–Crippen LogP) is -1.82. The van der Waals surface area contributed by atoms with Crippen LogP contribution in [0, 0.1) is 0 Å². The van der Waals surface area contributed by atoms with Gasteiger partial charge in [-0.05, 0) is 12.1 Å². The Morgan fingerprint density at radius 2 is 1.91 bits per heavy atom. The van der Waals surface area contributed by atoms with Gasteiger partial charge in [-0.2, -0.15) is 5.84 Å². The minimum absolute atomic E-state index is 0.330. The van der Waals surface area contributed by atoms with E-state index in [1.807, 2.05) is 30.3 Å². The molecular formula is C7H11N4+. The van der Waals surface area contributed by atoms with Crippen LogP contribution in [0.15, 0.2) is 30.3 Å². The molecule has 1 rings (SSSR count). The molecule has 0 aliphatic carbocycles. The quantitative estimate of drug-likeness (QED) is 0.165. The molecule has 4 heteroatoms. The maximum absolute atomic E-state index is 5.37. The highest BCUT2D eigenvalue weighted by molar-refractivity contribution is 5.71. The largest absolute Gasteiger partial charge is 0.363 e. The molecule has 0 amide bonds. The fraction of sp³-hybridized carbons (Fsp3) is 0. The average molecular weight is 151 g/mol. The number of hydrogen-bond donors (Lipinski definition) is 4. The van der Waals surface area contributed by atoms with Crippen LogP contribution in [0.25, 0.3) is 0 Å². The zero-order valence-electron chi connectivity index (χ0n) is 6.04. The first-order valence-electron chi connectivity index (χ1n) is 3.24. The average Bonchev–Trinajstić information content (AvgIpc) is 2.06. The number of hydrogen-bond acceptors (Lipinski definition) is 1. The van der Waals surface area contributed by atoms with Gasteiger partial charge in [0.2, 0.25) is 0 Å². The Balaban J connectivity index is 2.79. The standard InChI is InChI=1S/C7H10N4/c8-7(11-9)10-6-4-2-1-3-5-6/h1-5H,9H2,(H3,8,10,11)/p+1. The molecule has 11 heavy (non-hydrogen) atoms. The van der Waals surface area contributed by atoms with Crippen LogP contribution >= 0.6 is 0 Å². The van der Waals surface area contributed by atoms with E-state index in [2.05, 4.69) is 10.4 Å². The highest BCUT2D eigenvalue weighted by atomic mass is 15.3. The zero-order valence-corrected chi connectivity index (χ0v) is 6.04. The molecule has 1 aromatic rings. The van der Waals surface area contributed by atoms with Gasteiger partial charge in [-0.15, -0.1) is 0 Å². The molecule has 4 nitrogen and oxygen atoms in total. The van der Waals surface area contributed by atoms with Crippen molar-refractivity contribution in [2.24, 2.45) is 11.6 Å². The molecule has 0 heterocycles. The third kappa shape index (κ3) is 2.27. The molecule has 0 fully saturated rings. The Morgan fingerprint density at radius 1 is 1.27 bits per heavy atom. The van der Waals surface area contributed by atoms with E-state index in [0.29, 0.717) is 5.96 Å². The van der Waals surface area contributed by atoms with E-state index in [1.54, 1.807) is 0 Å². The van der Waals surface area contributed by atoms with E-state index in [4.69, 9.17) is 11.6 Å². The molecule has 0 aromatic heterocycles. The van der Waals surface area contributed by atoms with Gasteiger partial charge < -0.3 is 0 Å². The van der Waals surface area contributed by atoms with Crippen LogP contribution in [0.5, 0.6) is 0 Å². The number of para-hydroxylation sites is 1. The van der Waals surface area contributed by atoms with Crippen molar-refractivity contribution in [2.75, 3.05) is 0 Å². The first-order valence-corrected chi connectivity index (χ1v) is 3.24. The predicted molar refractivity (Wildman–Crippen MR) is 43.6 cm³/mol. The Labute approximate surface area is 64.9 Å². The van der Waals surface area contributed by atoms with Crippen molar-refractivity contribution in [3.63, 3.8) is 0 Å². The molecule has 58 valence electrons. The van der Waals surface area contributed by atoms with Crippen LogP contribution in [0.1, 0.15) is 0 Å². The summed E-state index contributed by atoms with van der Waals surface area (Å²) in [5.74, 6) is 5.38. The SMILES string of the molecule is NNC(N)=[NH+]c1ccccc1. The van der Waals surface area contributed by atoms with Gasteiger partial charge in [-0.25, -0.2) is 10.4 Å². The van der Waals surface area contributed by atoms with Crippen LogP contribution in [-0.4, -0.2) is 5.96 Å². The molecule has 0 saturated carbocycles. The lowest BCUT2D eigenvalue weighted by molar-refractivity contribution is -0.357. The topological polar surface area (TPSA) is 78.0 Å². The van der Waals surface area contributed by atoms with E-state index in [9.17, 15) is 0 Å². The van der Waals surface area contributed by atoms with Crippen molar-refractivity contribution in [1.82, 2.24) is 5.43 Å². The molecule has 0 aliphatic heterocycles. The molecule has 0 spiro atoms. The van der Waals surface area contributed by atoms with E-state index in [-0.39, 0.29) is 0 Å². The fourth-order valence-electron chi connectivity index (χ4n) is 0.713. The van der Waals surface area contributed by atoms with Crippen LogP contribution in [0.2, 0.25) is 0 Å². The molecule has 0 aliphatic rings. The van der Waals surface area contributed by atoms with Crippen LogP contribution < -0.4 is 22.0 Å². The van der Waals surface area contributed by atoms with Gasteiger partial charge in [0.05, 0.1) is 5.69 Å². The summed E-state index contributed by atoms with van der Waals surface area (Å²) in [6.45, 7) is 0. The lowest BCUT2D eigenvalue weighted by atomic mass is 10.3. The zero-order chi connectivity index (χ0) is 8.10. The van der Waals surface area contributed by atoms with Crippen LogP contribution in [-0.2, 0) is 0 Å². The van der Waals surface area contributed by atoms with Crippen molar-refractivity contribution in [3.8, 4) is 0 Å². The third-order valence-corrected chi connectivity index (χ3v) is 1.21. The monoisotopic (exact) mass is 151 g/mol. The second-order valence-electron chi connectivity index (χ2n) is 2.05. The highest BCUT2D eigenvalue weighted by Gasteiger charge is 1.92. The highest BCUT2D eigenvalue weighted by Crippen LogP contribution is 1.94. The molecule has 6 N–H and O–H groups in total. The van der Waals surface area contributed by atoms with Crippen molar-refractivity contribution >= 4 is 11.6 Å². The maximum Gasteiger partial charge on any atom is 0.363 e. The molecule has 0 bridgehead atoms. The Bertz CT molecular complexity index is 242. The first kappa shape index (κ1) is 7.56. The van der Waals surface area contributed by atoms with Gasteiger partial charge in [-0.3, -0.25) is 5.73 Å². The number of hydrazine groups is 1. The van der Waals surface area contributed by atoms with Gasteiger partial charge in [0.15, 0.2) is 0 Å². The molecule has 1 aromatic carbocycles. The number of nitrogens with two attached hydrogens (primary N) is 2. The third-order valence-electron chi connectivity index (χ3n) is 1.21. The van der Waals surface area contributed by atoms with Crippen molar-refractivity contribution in [3.05, 3.63) is 30.3 Å². The fourth-order valence-corrected chi connectivity index (χ4v) is 0.713. The van der Waals surface area contributed by atoms with E-state index >= 15 is 0 Å². The van der Waals surface area contributed by atoms with Crippen molar-refractivity contribution in [1.29, 1.82) is 0 Å². The van der Waals surface area contributed by atoms with Crippen molar-refractivity contribution < 1.29 is 4.99 Å². The van der Waals surface area contributed by atoms with Crippen LogP contribution in [0.4, 0.5) is 5.69 Å². The smallest absolute Gasteiger partial charge is 0.289 e. The summed E-state index contributed by atoms with van der Waals surface area (Å²) in [5.41, 5.74) is 8.58. The number of nitrogens with one attached hydrogen (secondary N) is 2. The minimum atomic E-state index is 0.330. The van der Waals surface area contributed by atoms with Gasteiger partial charge in [0.25, 0.3) is 0 Å². The molecule has 0 atom stereocenters. The van der Waals surface area contributed by atoms with Gasteiger partial charge in [0, 0.05) is 0 Å². The normalized spacial score (nSPS) is 11.2. The summed E-state index contributed by atoms with van der Waals surface area (Å²) in [7, 11) is 0. The summed E-state index contributed by atoms with van der Waals surface area (Å²) in [6.07, 6.45) is 0. The molecular weight excluding hydrogens is 140 g/mol. The minimum Gasteiger partial charge on any atom is -0.289 e. The Kier molecular flexibility index (Phi) is 2.46. The second-order valence-corrected chi connectivity index (χ2v) is 2.05. The maximum atomic E-state index is 5.37. The number of guanidine groups is 1. The Hall–Kier alpha value is -1.55. The summed E-state index contributed by atoms with van der Waals surface area (Å²) < 4.78 is 0. The lowest BCUT2D eigenvalue weighted by Crippen LogP contribution is -2.74. The summed E-state index contributed by atoms with van der Waals surface area (Å²) in [6, 6.07) is 9.53. The van der Waals surface area contributed by atoms with E-state index in [1.165, 1.54) is 0 Å². The first-order chi connectivity index (χ1) is 5.33. The van der Waals surface area contributed by atoms with Gasteiger partial charge in [0.1, 0.15) is 0 Å². The molecule has 0 saturated heterocycles. The molecule has 0 radical (unpaired) electrons. The van der Waals surface area contributed by atoms with Gasteiger partial charge >= 0.3 is 5.96 Å². The Morgan fingerprint density at radius 3 is 2.45 bits per heavy atom. The summed E-state index contributed by atoms with van der Waals surface area (Å²) >= 11 is 0. The van der Waals surface area contributed by atoms with Crippen LogP contribution in [0.3, 0.4) is 0 Å². The van der Waals surface area contributed by atoms with E-state index in [0.717, 1.165) is 5.69 Å². The molecule has 0 unspecified atom stereocenters. The second kappa shape index (κ2) is 3.58. The van der Waals surface area contributed by atoms with E-state index < -0.39 is 0 Å². The van der Waals surface area contributed by atoms with Crippen molar-refractivity contribution in [2.45, 2.75) is 0 Å². The number of rotatable bonds is 1. The van der Waals surface area contributed by atoms with Gasteiger partial charge in [-0.1, -0.05) is 18.2 Å². The lowest BCUT2D eigenvalue weighted by Gasteiger charge is -1.91. The summed E-state index contributed by atoms with van der Waals surface area (Å²) in [5, 5.41) is 0. The number of benzene rings is 1.